The van der Waals surface area contributed by atoms with Crippen molar-refractivity contribution in [2.24, 2.45) is 28.6 Å². The first-order chi connectivity index (χ1) is 10.1. The summed E-state index contributed by atoms with van der Waals surface area (Å²) in [7, 11) is 0. The normalized spacial score (nSPS) is 52.4. The van der Waals surface area contributed by atoms with Gasteiger partial charge < -0.3 is 0 Å². The highest BCUT2D eigenvalue weighted by Gasteiger charge is 2.56. The summed E-state index contributed by atoms with van der Waals surface area (Å²) in [5.41, 5.74) is 1.94. The number of hydrogen-bond acceptors (Lipinski definition) is 0. The predicted molar refractivity (Wildman–Crippen MR) is 85.7 cm³/mol. The first-order valence-electron chi connectivity index (χ1n) is 9.07. The standard InChI is InChI=1S/C20H29F/c1-19-12-4-3-6-14(19)9-10-15-16-7-5-8-18(21)20(16,2)13-11-17(15)19/h3,6,9,15-18H,4-5,7-8,10-13H2,1-2H3. The van der Waals surface area contributed by atoms with Gasteiger partial charge in [0, 0.05) is 5.41 Å². The Labute approximate surface area is 128 Å². The van der Waals surface area contributed by atoms with Crippen molar-refractivity contribution >= 4 is 0 Å². The highest BCUT2D eigenvalue weighted by atomic mass is 19.1. The SMILES string of the molecule is CC12CCC=CC1=CCC1C2CCC2(C)C(F)CCCC12. The van der Waals surface area contributed by atoms with Crippen LogP contribution in [-0.4, -0.2) is 6.17 Å². The van der Waals surface area contributed by atoms with E-state index in [0.717, 1.165) is 31.1 Å². The molecule has 6 atom stereocenters. The van der Waals surface area contributed by atoms with Gasteiger partial charge in [-0.25, -0.2) is 4.39 Å². The van der Waals surface area contributed by atoms with Crippen LogP contribution in [0.3, 0.4) is 0 Å². The Hall–Kier alpha value is -0.590. The Kier molecular flexibility index (Phi) is 3.14. The van der Waals surface area contributed by atoms with E-state index >= 15 is 0 Å². The fourth-order valence-corrected chi connectivity index (χ4v) is 6.43. The molecule has 1 heteroatoms. The highest BCUT2D eigenvalue weighted by Crippen LogP contribution is 2.63. The summed E-state index contributed by atoms with van der Waals surface area (Å²) in [4.78, 5) is 0. The van der Waals surface area contributed by atoms with Crippen LogP contribution in [0.1, 0.15) is 65.2 Å². The van der Waals surface area contributed by atoms with Gasteiger partial charge in [-0.15, -0.1) is 0 Å². The lowest BCUT2D eigenvalue weighted by Crippen LogP contribution is -2.53. The van der Waals surface area contributed by atoms with E-state index in [0.29, 0.717) is 11.3 Å². The Morgan fingerprint density at radius 1 is 1.10 bits per heavy atom. The van der Waals surface area contributed by atoms with Crippen molar-refractivity contribution in [3.8, 4) is 0 Å². The number of fused-ring (bicyclic) bond motifs is 5. The molecule has 0 nitrogen and oxygen atoms in total. The van der Waals surface area contributed by atoms with Gasteiger partial charge in [-0.1, -0.05) is 38.5 Å². The van der Waals surface area contributed by atoms with E-state index in [1.807, 2.05) is 0 Å². The summed E-state index contributed by atoms with van der Waals surface area (Å²) in [5, 5.41) is 0. The predicted octanol–water partition coefficient (Wildman–Crippen LogP) is 5.84. The second-order valence-electron chi connectivity index (χ2n) is 8.57. The lowest BCUT2D eigenvalue weighted by molar-refractivity contribution is -0.0977. The quantitative estimate of drug-likeness (QED) is 0.525. The summed E-state index contributed by atoms with van der Waals surface area (Å²) < 4.78 is 14.7. The van der Waals surface area contributed by atoms with E-state index in [1.54, 1.807) is 5.57 Å². The average Bonchev–Trinajstić information content (AvgIpc) is 2.47. The van der Waals surface area contributed by atoms with Crippen LogP contribution in [0.5, 0.6) is 0 Å². The van der Waals surface area contributed by atoms with Crippen molar-refractivity contribution in [2.45, 2.75) is 71.4 Å². The number of allylic oxidation sites excluding steroid dienone is 4. The molecular formula is C20H29F. The maximum Gasteiger partial charge on any atom is 0.106 e. The summed E-state index contributed by atoms with van der Waals surface area (Å²) >= 11 is 0. The summed E-state index contributed by atoms with van der Waals surface area (Å²) in [5.74, 6) is 2.16. The fourth-order valence-electron chi connectivity index (χ4n) is 6.43. The lowest BCUT2D eigenvalue weighted by atomic mass is 9.46. The number of halogens is 1. The molecule has 0 aromatic rings. The van der Waals surface area contributed by atoms with Crippen molar-refractivity contribution in [1.29, 1.82) is 0 Å². The number of hydrogen-bond donors (Lipinski definition) is 0. The molecule has 21 heavy (non-hydrogen) atoms. The van der Waals surface area contributed by atoms with Gasteiger partial charge in [-0.3, -0.25) is 0 Å². The van der Waals surface area contributed by atoms with E-state index < -0.39 is 6.17 Å². The highest BCUT2D eigenvalue weighted by molar-refractivity contribution is 5.33. The minimum absolute atomic E-state index is 0.0222. The van der Waals surface area contributed by atoms with Crippen molar-refractivity contribution < 1.29 is 4.39 Å². The van der Waals surface area contributed by atoms with Gasteiger partial charge in [-0.2, -0.15) is 0 Å². The summed E-state index contributed by atoms with van der Waals surface area (Å²) in [6, 6.07) is 0. The molecule has 0 bridgehead atoms. The van der Waals surface area contributed by atoms with Crippen molar-refractivity contribution in [2.75, 3.05) is 0 Å². The molecule has 0 aromatic carbocycles. The zero-order chi connectivity index (χ0) is 14.7. The molecule has 0 spiro atoms. The number of alkyl halides is 1. The van der Waals surface area contributed by atoms with Crippen molar-refractivity contribution in [1.82, 2.24) is 0 Å². The molecule has 2 fully saturated rings. The largest absolute Gasteiger partial charge is 0.247 e. The van der Waals surface area contributed by atoms with Crippen LogP contribution in [0.4, 0.5) is 4.39 Å². The first kappa shape index (κ1) is 14.0. The Bertz CT molecular complexity index is 490. The molecule has 116 valence electrons. The number of rotatable bonds is 0. The van der Waals surface area contributed by atoms with E-state index in [4.69, 9.17) is 0 Å². The van der Waals surface area contributed by atoms with Gasteiger partial charge in [-0.05, 0) is 73.7 Å². The molecule has 0 aliphatic heterocycles. The van der Waals surface area contributed by atoms with Crippen LogP contribution in [0.2, 0.25) is 0 Å². The third-order valence-electron chi connectivity index (χ3n) is 7.78. The van der Waals surface area contributed by atoms with E-state index in [-0.39, 0.29) is 5.41 Å². The van der Waals surface area contributed by atoms with Gasteiger partial charge in [0.15, 0.2) is 0 Å². The van der Waals surface area contributed by atoms with E-state index in [9.17, 15) is 4.39 Å². The molecule has 4 aliphatic rings. The van der Waals surface area contributed by atoms with Crippen LogP contribution in [0.25, 0.3) is 0 Å². The van der Waals surface area contributed by atoms with Gasteiger partial charge in [0.25, 0.3) is 0 Å². The van der Waals surface area contributed by atoms with E-state index in [1.165, 1.54) is 32.1 Å². The van der Waals surface area contributed by atoms with Gasteiger partial charge in [0.2, 0.25) is 0 Å². The Balaban J connectivity index is 1.71. The molecule has 4 rings (SSSR count). The molecule has 0 saturated heterocycles. The molecule has 6 unspecified atom stereocenters. The summed E-state index contributed by atoms with van der Waals surface area (Å²) in [6.07, 6.45) is 16.0. The molecule has 2 saturated carbocycles. The zero-order valence-electron chi connectivity index (χ0n) is 13.6. The molecular weight excluding hydrogens is 259 g/mol. The van der Waals surface area contributed by atoms with Crippen LogP contribution in [-0.2, 0) is 0 Å². The van der Waals surface area contributed by atoms with Crippen molar-refractivity contribution in [3.05, 3.63) is 23.8 Å². The molecule has 0 heterocycles. The smallest absolute Gasteiger partial charge is 0.106 e. The fraction of sp³-hybridized carbons (Fsp3) is 0.800. The van der Waals surface area contributed by atoms with E-state index in [2.05, 4.69) is 32.1 Å². The van der Waals surface area contributed by atoms with Crippen LogP contribution < -0.4 is 0 Å². The monoisotopic (exact) mass is 288 g/mol. The third kappa shape index (κ3) is 1.85. The lowest BCUT2D eigenvalue weighted by Gasteiger charge is -2.59. The van der Waals surface area contributed by atoms with Crippen molar-refractivity contribution in [3.63, 3.8) is 0 Å². The molecule has 4 aliphatic carbocycles. The average molecular weight is 288 g/mol. The molecule has 0 N–H and O–H groups in total. The maximum absolute atomic E-state index is 14.7. The Morgan fingerprint density at radius 3 is 2.81 bits per heavy atom. The van der Waals surface area contributed by atoms with Gasteiger partial charge >= 0.3 is 0 Å². The second-order valence-corrected chi connectivity index (χ2v) is 8.57. The van der Waals surface area contributed by atoms with Gasteiger partial charge in [0.05, 0.1) is 0 Å². The second kappa shape index (κ2) is 4.70. The molecule has 0 amide bonds. The van der Waals surface area contributed by atoms with Crippen LogP contribution in [0.15, 0.2) is 23.8 Å². The topological polar surface area (TPSA) is 0 Å². The summed E-state index contributed by atoms with van der Waals surface area (Å²) in [6.45, 7) is 4.76. The van der Waals surface area contributed by atoms with Crippen LogP contribution in [0, 0.1) is 28.6 Å². The van der Waals surface area contributed by atoms with Gasteiger partial charge in [0.1, 0.15) is 6.17 Å². The minimum Gasteiger partial charge on any atom is -0.247 e. The first-order valence-corrected chi connectivity index (χ1v) is 9.07. The maximum atomic E-state index is 14.7. The molecule has 0 radical (unpaired) electrons. The minimum atomic E-state index is -0.554. The molecule has 0 aromatic heterocycles. The van der Waals surface area contributed by atoms with Crippen LogP contribution >= 0.6 is 0 Å². The zero-order valence-corrected chi connectivity index (χ0v) is 13.6. The third-order valence-corrected chi connectivity index (χ3v) is 7.78. The Morgan fingerprint density at radius 2 is 1.95 bits per heavy atom.